The number of rotatable bonds is 13. The summed E-state index contributed by atoms with van der Waals surface area (Å²) in [6.45, 7) is 9.21. The number of hydrogen-bond acceptors (Lipinski definition) is 6. The van der Waals surface area contributed by atoms with Crippen molar-refractivity contribution >= 4 is 12.3 Å². The third-order valence-corrected chi connectivity index (χ3v) is 5.40. The standard InChI is InChI=1S/C23H42O6/c1-5-7-8-12-19(11-6-2)17-27-23(25)29-21-14-10-9-13-20(21)28-22(24)26-16-15-18(3)4/h18-21H,5-17H2,1-4H3. The zero-order chi connectivity index (χ0) is 21.5. The first-order chi connectivity index (χ1) is 14.0. The maximum Gasteiger partial charge on any atom is 0.508 e. The molecule has 0 aromatic carbocycles. The molecule has 1 rings (SSSR count). The second kappa shape index (κ2) is 15.4. The molecule has 0 saturated heterocycles. The van der Waals surface area contributed by atoms with Gasteiger partial charge in [-0.2, -0.15) is 0 Å². The summed E-state index contributed by atoms with van der Waals surface area (Å²) in [5, 5.41) is 0. The van der Waals surface area contributed by atoms with Gasteiger partial charge < -0.3 is 18.9 Å². The molecule has 0 N–H and O–H groups in total. The minimum Gasteiger partial charge on any atom is -0.434 e. The van der Waals surface area contributed by atoms with Gasteiger partial charge in [-0.05, 0) is 56.8 Å². The Bertz CT molecular complexity index is 451. The zero-order valence-electron chi connectivity index (χ0n) is 19.0. The van der Waals surface area contributed by atoms with Crippen molar-refractivity contribution in [3.8, 4) is 0 Å². The van der Waals surface area contributed by atoms with Crippen molar-refractivity contribution in [2.75, 3.05) is 13.2 Å². The smallest absolute Gasteiger partial charge is 0.434 e. The first-order valence-electron chi connectivity index (χ1n) is 11.6. The molecule has 6 heteroatoms. The van der Waals surface area contributed by atoms with E-state index in [0.29, 0.717) is 37.9 Å². The average molecular weight is 415 g/mol. The van der Waals surface area contributed by atoms with Crippen LogP contribution >= 0.6 is 0 Å². The summed E-state index contributed by atoms with van der Waals surface area (Å²) < 4.78 is 21.5. The number of carbonyl (C=O) groups excluding carboxylic acids is 2. The minimum absolute atomic E-state index is 0.341. The van der Waals surface area contributed by atoms with E-state index >= 15 is 0 Å². The highest BCUT2D eigenvalue weighted by atomic mass is 16.8. The van der Waals surface area contributed by atoms with Crippen molar-refractivity contribution in [2.24, 2.45) is 11.8 Å². The second-order valence-electron chi connectivity index (χ2n) is 8.59. The Hall–Kier alpha value is -1.46. The zero-order valence-corrected chi connectivity index (χ0v) is 19.0. The van der Waals surface area contributed by atoms with Crippen molar-refractivity contribution in [3.63, 3.8) is 0 Å². The lowest BCUT2D eigenvalue weighted by molar-refractivity contribution is -0.0732. The lowest BCUT2D eigenvalue weighted by Crippen LogP contribution is -2.38. The molecule has 1 saturated carbocycles. The van der Waals surface area contributed by atoms with Gasteiger partial charge in [-0.25, -0.2) is 9.59 Å². The van der Waals surface area contributed by atoms with E-state index in [1.807, 2.05) is 0 Å². The van der Waals surface area contributed by atoms with Crippen LogP contribution in [0.25, 0.3) is 0 Å². The summed E-state index contributed by atoms with van der Waals surface area (Å²) in [5.74, 6) is 0.843. The molecule has 3 unspecified atom stereocenters. The number of hydrogen-bond donors (Lipinski definition) is 0. The number of carbonyl (C=O) groups is 2. The minimum atomic E-state index is -0.682. The van der Waals surface area contributed by atoms with Crippen LogP contribution in [0.5, 0.6) is 0 Å². The quantitative estimate of drug-likeness (QED) is 0.248. The number of unbranched alkanes of at least 4 members (excludes halogenated alkanes) is 2. The molecular weight excluding hydrogens is 372 g/mol. The van der Waals surface area contributed by atoms with Crippen molar-refractivity contribution in [3.05, 3.63) is 0 Å². The molecule has 29 heavy (non-hydrogen) atoms. The number of ether oxygens (including phenoxy) is 4. The van der Waals surface area contributed by atoms with Crippen LogP contribution in [0.2, 0.25) is 0 Å². The maximum absolute atomic E-state index is 12.2. The summed E-state index contributed by atoms with van der Waals surface area (Å²) in [7, 11) is 0. The average Bonchev–Trinajstić information content (AvgIpc) is 2.67. The van der Waals surface area contributed by atoms with Crippen molar-refractivity contribution in [1.29, 1.82) is 0 Å². The molecule has 0 amide bonds. The molecule has 3 atom stereocenters. The lowest BCUT2D eigenvalue weighted by Gasteiger charge is -2.30. The van der Waals surface area contributed by atoms with E-state index in [-0.39, 0.29) is 0 Å². The molecule has 1 aliphatic carbocycles. The molecule has 1 aliphatic rings. The van der Waals surface area contributed by atoms with Crippen molar-refractivity contribution in [1.82, 2.24) is 0 Å². The summed E-state index contributed by atoms with van der Waals surface area (Å²) >= 11 is 0. The molecule has 0 radical (unpaired) electrons. The van der Waals surface area contributed by atoms with E-state index in [4.69, 9.17) is 18.9 Å². The van der Waals surface area contributed by atoms with Gasteiger partial charge in [0, 0.05) is 0 Å². The van der Waals surface area contributed by atoms with Gasteiger partial charge in [-0.3, -0.25) is 0 Å². The van der Waals surface area contributed by atoms with Crippen LogP contribution in [0.1, 0.15) is 98.3 Å². The Balaban J connectivity index is 2.40. The van der Waals surface area contributed by atoms with Crippen LogP contribution in [0.4, 0.5) is 9.59 Å². The third kappa shape index (κ3) is 12.0. The highest BCUT2D eigenvalue weighted by Gasteiger charge is 2.32. The molecule has 0 aliphatic heterocycles. The van der Waals surface area contributed by atoms with E-state index in [1.54, 1.807) is 0 Å². The lowest BCUT2D eigenvalue weighted by atomic mass is 9.94. The van der Waals surface area contributed by atoms with Crippen molar-refractivity contribution < 1.29 is 28.5 Å². The first kappa shape index (κ1) is 25.6. The Morgan fingerprint density at radius 2 is 1.45 bits per heavy atom. The summed E-state index contributed by atoms with van der Waals surface area (Å²) in [6.07, 6.45) is 8.52. The molecule has 1 fully saturated rings. The molecule has 6 nitrogen and oxygen atoms in total. The van der Waals surface area contributed by atoms with Crippen LogP contribution in [0.15, 0.2) is 0 Å². The molecule has 170 valence electrons. The van der Waals surface area contributed by atoms with E-state index in [0.717, 1.165) is 44.9 Å². The van der Waals surface area contributed by atoms with Crippen LogP contribution in [0, 0.1) is 11.8 Å². The normalized spacial score (nSPS) is 20.2. The van der Waals surface area contributed by atoms with Crippen molar-refractivity contribution in [2.45, 2.75) is 111 Å². The summed E-state index contributed by atoms with van der Waals surface area (Å²) in [6, 6.07) is 0. The monoisotopic (exact) mass is 414 g/mol. The highest BCUT2D eigenvalue weighted by Crippen LogP contribution is 2.25. The van der Waals surface area contributed by atoms with Crippen LogP contribution in [-0.4, -0.2) is 37.7 Å². The van der Waals surface area contributed by atoms with Crippen LogP contribution in [0.3, 0.4) is 0 Å². The summed E-state index contributed by atoms with van der Waals surface area (Å²) in [5.41, 5.74) is 0. The predicted octanol–water partition coefficient (Wildman–Crippen LogP) is 6.65. The molecule has 0 aromatic rings. The highest BCUT2D eigenvalue weighted by molar-refractivity contribution is 5.61. The third-order valence-electron chi connectivity index (χ3n) is 5.40. The second-order valence-corrected chi connectivity index (χ2v) is 8.59. The Morgan fingerprint density at radius 1 is 0.828 bits per heavy atom. The largest absolute Gasteiger partial charge is 0.508 e. The Kier molecular flexibility index (Phi) is 13.6. The molecule has 0 spiro atoms. The van der Waals surface area contributed by atoms with E-state index in [1.165, 1.54) is 12.8 Å². The Morgan fingerprint density at radius 3 is 2.00 bits per heavy atom. The van der Waals surface area contributed by atoms with Gasteiger partial charge in [0.15, 0.2) is 0 Å². The van der Waals surface area contributed by atoms with E-state index < -0.39 is 24.5 Å². The van der Waals surface area contributed by atoms with Crippen LogP contribution < -0.4 is 0 Å². The molecule has 0 aromatic heterocycles. The van der Waals surface area contributed by atoms with Gasteiger partial charge >= 0.3 is 12.3 Å². The van der Waals surface area contributed by atoms with Crippen LogP contribution in [-0.2, 0) is 18.9 Å². The fourth-order valence-corrected chi connectivity index (χ4v) is 3.61. The molecule has 0 bridgehead atoms. The maximum atomic E-state index is 12.2. The van der Waals surface area contributed by atoms with Gasteiger partial charge in [0.25, 0.3) is 0 Å². The van der Waals surface area contributed by atoms with E-state index in [2.05, 4.69) is 27.7 Å². The van der Waals surface area contributed by atoms with Gasteiger partial charge in [0.1, 0.15) is 12.2 Å². The predicted molar refractivity (Wildman–Crippen MR) is 113 cm³/mol. The fraction of sp³-hybridized carbons (Fsp3) is 0.913. The molecule has 0 heterocycles. The SMILES string of the molecule is CCCCCC(CCC)COC(=O)OC1CCCCC1OC(=O)OCCC(C)C. The van der Waals surface area contributed by atoms with Gasteiger partial charge in [0.2, 0.25) is 0 Å². The first-order valence-corrected chi connectivity index (χ1v) is 11.6. The van der Waals surface area contributed by atoms with Gasteiger partial charge in [-0.1, -0.05) is 53.4 Å². The Labute approximate surface area is 177 Å². The summed E-state index contributed by atoms with van der Waals surface area (Å²) in [4.78, 5) is 24.1. The van der Waals surface area contributed by atoms with Gasteiger partial charge in [0.05, 0.1) is 13.2 Å². The van der Waals surface area contributed by atoms with Gasteiger partial charge in [-0.15, -0.1) is 0 Å². The molecular formula is C23H42O6. The fourth-order valence-electron chi connectivity index (χ4n) is 3.61. The topological polar surface area (TPSA) is 71.1 Å². The van der Waals surface area contributed by atoms with E-state index in [9.17, 15) is 9.59 Å².